The Morgan fingerprint density at radius 1 is 1.15 bits per heavy atom. The predicted octanol–water partition coefficient (Wildman–Crippen LogP) is 0.438. The lowest BCUT2D eigenvalue weighted by Crippen LogP contribution is -2.71. The number of aryl methyl sites for hydroxylation is 1. The number of tetrazole rings is 1. The highest BCUT2D eigenvalue weighted by molar-refractivity contribution is 8.20. The number of fused-ring (bicyclic) bond motifs is 3. The Balaban J connectivity index is 1.10. The van der Waals surface area contributed by atoms with Crippen LogP contribution >= 0.6 is 47.0 Å². The van der Waals surface area contributed by atoms with E-state index < -0.39 is 47.3 Å². The van der Waals surface area contributed by atoms with Crippen molar-refractivity contribution in [1.82, 2.24) is 46.0 Å². The molecule has 6 amide bonds. The maximum atomic E-state index is 13.8. The van der Waals surface area contributed by atoms with Crippen LogP contribution in [0.15, 0.2) is 28.6 Å². The molecule has 3 atom stereocenters. The number of carboxylic acids is 1. The van der Waals surface area contributed by atoms with Crippen LogP contribution in [-0.2, 0) is 21.4 Å². The number of β-lactam (4-membered cyclic amide) rings is 1. The maximum absolute atomic E-state index is 13.8. The van der Waals surface area contributed by atoms with Crippen molar-refractivity contribution in [2.45, 2.75) is 27.3 Å². The number of carbonyl (C=O) groups is 5. The molecule has 2 unspecified atom stereocenters. The number of amides is 6. The number of nitrogens with one attached hydrogen (secondary N) is 3. The first-order valence-corrected chi connectivity index (χ1v) is 18.1. The number of aromatic hydroxyl groups is 1. The number of phenolic OH excluding ortho intramolecular Hbond substituents is 1. The number of phenols is 1. The first-order chi connectivity index (χ1) is 22.1. The van der Waals surface area contributed by atoms with Gasteiger partial charge in [-0.25, -0.2) is 24.0 Å². The number of anilines is 2. The second kappa shape index (κ2) is 12.1. The standard InChI is InChI=1S/C25H26N10O7S4/c1-32-24(29-30-31-32)46-9-11-8-45-20-15(19(38)35(20)16(11)21(39)40)27-18(37)14(28-23(42)33-3-2-26-22(33)41)10-6-12-17(36)13(7-10)34(12)25-43-4-5-44-25/h6-7,14-15,20,25,36H,2-5,8-9H2,1H3,(H,26,41)(H,27,37)(H,28,42)(H,39,40)/t14?,15?,20-/m0/s1. The number of nitrogens with zero attached hydrogens (tertiary/aromatic N) is 7. The summed E-state index contributed by atoms with van der Waals surface area (Å²) >= 11 is 6.03. The van der Waals surface area contributed by atoms with Crippen LogP contribution in [0.1, 0.15) is 11.6 Å². The zero-order chi connectivity index (χ0) is 32.3. The molecule has 7 heterocycles. The summed E-state index contributed by atoms with van der Waals surface area (Å²) in [7, 11) is 1.66. The lowest BCUT2D eigenvalue weighted by atomic mass is 9.97. The Kier molecular flexibility index (Phi) is 8.09. The number of aliphatic carboxylic acids is 1. The molecule has 242 valence electrons. The Hall–Kier alpha value is -3.82. The lowest BCUT2D eigenvalue weighted by Gasteiger charge is -2.49. The molecule has 3 fully saturated rings. The molecule has 1 aromatic carbocycles. The third-order valence-electron chi connectivity index (χ3n) is 7.90. The van der Waals surface area contributed by atoms with E-state index in [1.165, 1.54) is 33.1 Å². The summed E-state index contributed by atoms with van der Waals surface area (Å²) in [5.41, 5.74) is 1.76. The summed E-state index contributed by atoms with van der Waals surface area (Å²) in [6.45, 7) is 0.380. The summed E-state index contributed by atoms with van der Waals surface area (Å²) in [6.07, 6.45) is 0. The van der Waals surface area contributed by atoms with Gasteiger partial charge in [0.1, 0.15) is 27.9 Å². The van der Waals surface area contributed by atoms with Gasteiger partial charge >= 0.3 is 18.0 Å². The van der Waals surface area contributed by atoms with Crippen LogP contribution in [0.5, 0.6) is 5.75 Å². The van der Waals surface area contributed by atoms with Crippen LogP contribution in [0.3, 0.4) is 0 Å². The van der Waals surface area contributed by atoms with Crippen molar-refractivity contribution >= 4 is 88.3 Å². The Labute approximate surface area is 277 Å². The normalized spacial score (nSPS) is 22.7. The third kappa shape index (κ3) is 5.17. The highest BCUT2D eigenvalue weighted by Crippen LogP contribution is 2.57. The zero-order valence-electron chi connectivity index (χ0n) is 23.9. The zero-order valence-corrected chi connectivity index (χ0v) is 27.2. The van der Waals surface area contributed by atoms with E-state index in [4.69, 9.17) is 0 Å². The van der Waals surface area contributed by atoms with Gasteiger partial charge in [-0.15, -0.1) is 40.4 Å². The number of thioether (sulfide) groups is 4. The number of imide groups is 1. The summed E-state index contributed by atoms with van der Waals surface area (Å²) in [4.78, 5) is 68.9. The minimum Gasteiger partial charge on any atom is -0.504 e. The van der Waals surface area contributed by atoms with E-state index >= 15 is 0 Å². The van der Waals surface area contributed by atoms with Crippen molar-refractivity contribution < 1.29 is 34.2 Å². The monoisotopic (exact) mass is 706 g/mol. The number of carbonyl (C=O) groups excluding carboxylic acids is 4. The van der Waals surface area contributed by atoms with E-state index in [-0.39, 0.29) is 35.0 Å². The summed E-state index contributed by atoms with van der Waals surface area (Å²) in [5.74, 6) is -0.0308. The average molecular weight is 707 g/mol. The van der Waals surface area contributed by atoms with E-state index in [9.17, 15) is 34.2 Å². The number of hydrogen-bond acceptors (Lipinski definition) is 14. The van der Waals surface area contributed by atoms with Gasteiger partial charge in [-0.3, -0.25) is 14.5 Å². The molecule has 0 aliphatic carbocycles. The van der Waals surface area contributed by atoms with E-state index in [2.05, 4.69) is 31.5 Å². The van der Waals surface area contributed by atoms with Crippen LogP contribution < -0.4 is 20.9 Å². The van der Waals surface area contributed by atoms with Crippen molar-refractivity contribution in [3.63, 3.8) is 0 Å². The molecule has 1 aromatic heterocycles. The van der Waals surface area contributed by atoms with Crippen LogP contribution in [0.4, 0.5) is 21.0 Å². The SMILES string of the molecule is Cn1nnnc1SCC1=C(C(=O)O)N2C(=O)C(NC(=O)C(NC(=O)N3CCNC3=O)c3cc4c(O)c(c3)N4C3SCCS3)[C@@H]2SC1. The summed E-state index contributed by atoms with van der Waals surface area (Å²) in [5, 5.41) is 39.5. The molecule has 6 aliphatic heterocycles. The Bertz CT molecular complexity index is 1670. The highest BCUT2D eigenvalue weighted by atomic mass is 32.2. The molecular formula is C25H26N10O7S4. The van der Waals surface area contributed by atoms with Crippen LogP contribution in [0.25, 0.3) is 0 Å². The van der Waals surface area contributed by atoms with Gasteiger partial charge in [0.05, 0.1) is 11.4 Å². The minimum atomic E-state index is -1.32. The van der Waals surface area contributed by atoms with Gasteiger partial charge in [0.15, 0.2) is 5.75 Å². The molecule has 17 nitrogen and oxygen atoms in total. The molecule has 3 saturated heterocycles. The van der Waals surface area contributed by atoms with Gasteiger partial charge < -0.3 is 31.1 Å². The first kappa shape index (κ1) is 30.8. The number of carboxylic acid groups (broad SMARTS) is 1. The fraction of sp³-hybridized carbons (Fsp3) is 0.440. The minimum absolute atomic E-state index is 0.0730. The van der Waals surface area contributed by atoms with Crippen molar-refractivity contribution in [2.75, 3.05) is 41.0 Å². The number of benzene rings is 1. The third-order valence-corrected chi connectivity index (χ3v) is 13.3. The van der Waals surface area contributed by atoms with E-state index in [0.29, 0.717) is 33.4 Å². The van der Waals surface area contributed by atoms with Gasteiger partial charge in [-0.2, -0.15) is 0 Å². The van der Waals surface area contributed by atoms with E-state index in [0.717, 1.165) is 16.4 Å². The van der Waals surface area contributed by atoms with Crippen molar-refractivity contribution in [3.8, 4) is 5.75 Å². The van der Waals surface area contributed by atoms with Crippen LogP contribution in [0, 0.1) is 0 Å². The number of aromatic nitrogens is 4. The van der Waals surface area contributed by atoms with Crippen LogP contribution in [0.2, 0.25) is 0 Å². The van der Waals surface area contributed by atoms with Gasteiger partial charge in [-0.05, 0) is 33.7 Å². The topological polar surface area (TPSA) is 215 Å². The molecule has 21 heteroatoms. The molecule has 46 heavy (non-hydrogen) atoms. The van der Waals surface area contributed by atoms with E-state index in [1.807, 2.05) is 4.90 Å². The fourth-order valence-electron chi connectivity index (χ4n) is 5.65. The van der Waals surface area contributed by atoms with Gasteiger partial charge in [0.25, 0.3) is 5.91 Å². The Morgan fingerprint density at radius 2 is 1.89 bits per heavy atom. The predicted molar refractivity (Wildman–Crippen MR) is 170 cm³/mol. The molecule has 2 aromatic rings. The smallest absolute Gasteiger partial charge is 0.352 e. The summed E-state index contributed by atoms with van der Waals surface area (Å²) < 4.78 is 1.53. The molecule has 0 saturated carbocycles. The number of hydrogen-bond donors (Lipinski definition) is 5. The average Bonchev–Trinajstić information content (AvgIpc) is 3.83. The van der Waals surface area contributed by atoms with E-state index in [1.54, 1.807) is 42.7 Å². The summed E-state index contributed by atoms with van der Waals surface area (Å²) in [6, 6.07) is -0.541. The molecule has 2 bridgehead atoms. The van der Waals surface area contributed by atoms with Crippen molar-refractivity contribution in [3.05, 3.63) is 29.0 Å². The molecule has 8 rings (SSSR count). The molecule has 0 radical (unpaired) electrons. The highest BCUT2D eigenvalue weighted by Gasteiger charge is 2.54. The van der Waals surface area contributed by atoms with Crippen LogP contribution in [-0.4, -0.2) is 122 Å². The molecule has 6 aliphatic rings. The Morgan fingerprint density at radius 3 is 2.52 bits per heavy atom. The van der Waals surface area contributed by atoms with Gasteiger partial charge in [0.2, 0.25) is 11.1 Å². The fourth-order valence-corrected chi connectivity index (χ4v) is 10.9. The second-order valence-electron chi connectivity index (χ2n) is 10.6. The van der Waals surface area contributed by atoms with Gasteiger partial charge in [-0.1, -0.05) is 11.8 Å². The van der Waals surface area contributed by atoms with Crippen molar-refractivity contribution in [1.29, 1.82) is 0 Å². The second-order valence-corrected chi connectivity index (χ2v) is 15.3. The number of rotatable bonds is 9. The largest absolute Gasteiger partial charge is 0.504 e. The molecule has 0 spiro atoms. The quantitative estimate of drug-likeness (QED) is 0.177. The number of urea groups is 2. The maximum Gasteiger partial charge on any atom is 0.352 e. The van der Waals surface area contributed by atoms with Crippen molar-refractivity contribution in [2.24, 2.45) is 7.05 Å². The molecule has 5 N–H and O–H groups in total. The van der Waals surface area contributed by atoms with Gasteiger partial charge in [0, 0.05) is 43.1 Å². The first-order valence-electron chi connectivity index (χ1n) is 13.9. The molecular weight excluding hydrogens is 681 g/mol. The lowest BCUT2D eigenvalue weighted by molar-refractivity contribution is -0.151.